The van der Waals surface area contributed by atoms with Crippen molar-refractivity contribution in [3.05, 3.63) is 23.9 Å². The number of nitrogens with one attached hydrogen (secondary N) is 1. The van der Waals surface area contributed by atoms with Crippen LogP contribution in [0.3, 0.4) is 0 Å². The number of hydrogen-bond donors (Lipinski definition) is 1. The molecule has 6 nitrogen and oxygen atoms in total. The van der Waals surface area contributed by atoms with Crippen molar-refractivity contribution in [3.63, 3.8) is 0 Å². The summed E-state index contributed by atoms with van der Waals surface area (Å²) in [6.07, 6.45) is 5.36. The molecule has 1 aromatic heterocycles. The van der Waals surface area contributed by atoms with Gasteiger partial charge in [0.2, 0.25) is 0 Å². The fourth-order valence-corrected chi connectivity index (χ4v) is 3.83. The van der Waals surface area contributed by atoms with Crippen molar-refractivity contribution in [2.75, 3.05) is 52.2 Å². The van der Waals surface area contributed by atoms with Crippen molar-refractivity contribution < 1.29 is 0 Å². The van der Waals surface area contributed by atoms with Crippen LogP contribution < -0.4 is 10.2 Å². The second-order valence-electron chi connectivity index (χ2n) is 7.27. The van der Waals surface area contributed by atoms with E-state index in [0.717, 1.165) is 30.6 Å². The molecule has 0 amide bonds. The highest BCUT2D eigenvalue weighted by atomic mass is 127. The van der Waals surface area contributed by atoms with Gasteiger partial charge in [0, 0.05) is 40.3 Å². The maximum atomic E-state index is 4.68. The van der Waals surface area contributed by atoms with Crippen LogP contribution in [0.25, 0.3) is 0 Å². The summed E-state index contributed by atoms with van der Waals surface area (Å²) in [4.78, 5) is 16.3. The molecule has 0 saturated carbocycles. The summed E-state index contributed by atoms with van der Waals surface area (Å²) < 4.78 is 0. The van der Waals surface area contributed by atoms with Gasteiger partial charge in [0.25, 0.3) is 0 Å². The zero-order chi connectivity index (χ0) is 17.6. The first-order valence-electron chi connectivity index (χ1n) is 9.50. The summed E-state index contributed by atoms with van der Waals surface area (Å²) in [6.45, 7) is 5.42. The van der Waals surface area contributed by atoms with Crippen LogP contribution in [0.15, 0.2) is 23.2 Å². The smallest absolute Gasteiger partial charge is 0.194 e. The van der Waals surface area contributed by atoms with E-state index in [4.69, 9.17) is 0 Å². The number of halogens is 1. The maximum absolute atomic E-state index is 4.68. The van der Waals surface area contributed by atoms with Gasteiger partial charge in [0.15, 0.2) is 5.96 Å². The van der Waals surface area contributed by atoms with Crippen molar-refractivity contribution in [2.24, 2.45) is 4.99 Å². The van der Waals surface area contributed by atoms with Gasteiger partial charge in [0.05, 0.1) is 12.2 Å². The number of pyridine rings is 1. The van der Waals surface area contributed by atoms with Crippen LogP contribution in [0.1, 0.15) is 31.4 Å². The minimum Gasteiger partial charge on any atom is -0.363 e. The highest BCUT2D eigenvalue weighted by molar-refractivity contribution is 14.0. The second-order valence-corrected chi connectivity index (χ2v) is 7.27. The number of aromatic nitrogens is 1. The van der Waals surface area contributed by atoms with Crippen LogP contribution in [0.5, 0.6) is 0 Å². The Hall–Kier alpha value is -1.09. The number of guanidine groups is 1. The molecule has 0 spiro atoms. The Morgan fingerprint density at radius 1 is 1.23 bits per heavy atom. The molecule has 1 unspecified atom stereocenters. The molecule has 0 bridgehead atoms. The summed E-state index contributed by atoms with van der Waals surface area (Å²) in [5, 5.41) is 3.49. The van der Waals surface area contributed by atoms with E-state index < -0.39 is 0 Å². The molecule has 1 N–H and O–H groups in total. The largest absolute Gasteiger partial charge is 0.363 e. The summed E-state index contributed by atoms with van der Waals surface area (Å²) in [6, 6.07) is 6.84. The van der Waals surface area contributed by atoms with Gasteiger partial charge in [-0.15, -0.1) is 24.0 Å². The summed E-state index contributed by atoms with van der Waals surface area (Å²) in [5.74, 6) is 1.98. The summed E-state index contributed by atoms with van der Waals surface area (Å²) >= 11 is 0. The van der Waals surface area contributed by atoms with E-state index in [9.17, 15) is 0 Å². The van der Waals surface area contributed by atoms with Gasteiger partial charge >= 0.3 is 0 Å². The molecular formula is C19H33IN6. The first-order valence-corrected chi connectivity index (χ1v) is 9.50. The molecule has 2 aliphatic rings. The highest BCUT2D eigenvalue weighted by Gasteiger charge is 2.29. The van der Waals surface area contributed by atoms with Crippen LogP contribution in [0, 0.1) is 0 Å². The molecule has 1 aromatic rings. The van der Waals surface area contributed by atoms with E-state index in [0.29, 0.717) is 12.6 Å². The summed E-state index contributed by atoms with van der Waals surface area (Å²) in [7, 11) is 5.91. The van der Waals surface area contributed by atoms with E-state index >= 15 is 0 Å². The van der Waals surface area contributed by atoms with E-state index in [2.05, 4.69) is 37.2 Å². The van der Waals surface area contributed by atoms with Gasteiger partial charge in [-0.25, -0.2) is 4.98 Å². The molecule has 2 fully saturated rings. The van der Waals surface area contributed by atoms with Crippen LogP contribution in [0.4, 0.5) is 5.82 Å². The monoisotopic (exact) mass is 472 g/mol. The highest BCUT2D eigenvalue weighted by Crippen LogP contribution is 2.20. The normalized spacial score (nSPS) is 21.4. The standard InChI is InChI=1S/C19H32N6.HI/c1-20-19(21-14-16-8-7-9-18(22-16)23(2)3)25-13-10-17(15-25)24-11-5-4-6-12-24;/h7-9,17H,4-6,10-15H2,1-3H3,(H,20,21);1H. The van der Waals surface area contributed by atoms with Crippen molar-refractivity contribution in [1.29, 1.82) is 0 Å². The van der Waals surface area contributed by atoms with E-state index in [1.54, 1.807) is 0 Å². The number of hydrogen-bond acceptors (Lipinski definition) is 4. The Labute approximate surface area is 175 Å². The number of likely N-dealkylation sites (tertiary alicyclic amines) is 2. The van der Waals surface area contributed by atoms with E-state index in [1.807, 2.05) is 32.1 Å². The predicted octanol–water partition coefficient (Wildman–Crippen LogP) is 2.40. The van der Waals surface area contributed by atoms with Crippen LogP contribution >= 0.6 is 24.0 Å². The molecular weight excluding hydrogens is 439 g/mol. The quantitative estimate of drug-likeness (QED) is 0.415. The second kappa shape index (κ2) is 10.3. The predicted molar refractivity (Wildman–Crippen MR) is 120 cm³/mol. The molecule has 0 aliphatic carbocycles. The van der Waals surface area contributed by atoms with Crippen molar-refractivity contribution in [3.8, 4) is 0 Å². The lowest BCUT2D eigenvalue weighted by atomic mass is 10.1. The Balaban J connectivity index is 0.00000243. The van der Waals surface area contributed by atoms with E-state index in [-0.39, 0.29) is 24.0 Å². The van der Waals surface area contributed by atoms with Crippen LogP contribution in [-0.2, 0) is 6.54 Å². The SMILES string of the molecule is CN=C(NCc1cccc(N(C)C)n1)N1CCC(N2CCCCC2)C1.I. The van der Waals surface area contributed by atoms with Gasteiger partial charge < -0.3 is 15.1 Å². The third kappa shape index (κ3) is 5.45. The van der Waals surface area contributed by atoms with Crippen LogP contribution in [-0.4, -0.2) is 74.1 Å². The van der Waals surface area contributed by atoms with Gasteiger partial charge in [-0.05, 0) is 44.5 Å². The molecule has 3 rings (SSSR count). The van der Waals surface area contributed by atoms with E-state index in [1.165, 1.54) is 38.8 Å². The first kappa shape index (κ1) is 21.2. The average Bonchev–Trinajstić information content (AvgIpc) is 3.13. The lowest BCUT2D eigenvalue weighted by Gasteiger charge is -2.32. The van der Waals surface area contributed by atoms with Gasteiger partial charge in [-0.3, -0.25) is 9.89 Å². The average molecular weight is 472 g/mol. The number of piperidine rings is 1. The fraction of sp³-hybridized carbons (Fsp3) is 0.684. The third-order valence-corrected chi connectivity index (χ3v) is 5.26. The molecule has 26 heavy (non-hydrogen) atoms. The van der Waals surface area contributed by atoms with Gasteiger partial charge in [-0.1, -0.05) is 12.5 Å². The molecule has 2 saturated heterocycles. The maximum Gasteiger partial charge on any atom is 0.194 e. The molecule has 3 heterocycles. The Bertz CT molecular complexity index is 585. The lowest BCUT2D eigenvalue weighted by molar-refractivity contribution is 0.168. The Morgan fingerprint density at radius 3 is 2.69 bits per heavy atom. The van der Waals surface area contributed by atoms with Gasteiger partial charge in [0.1, 0.15) is 5.82 Å². The number of nitrogens with zero attached hydrogens (tertiary/aromatic N) is 5. The minimum absolute atomic E-state index is 0. The number of rotatable bonds is 4. The molecule has 7 heteroatoms. The summed E-state index contributed by atoms with van der Waals surface area (Å²) in [5.41, 5.74) is 1.04. The molecule has 146 valence electrons. The van der Waals surface area contributed by atoms with Crippen LogP contribution in [0.2, 0.25) is 0 Å². The van der Waals surface area contributed by atoms with Crippen molar-refractivity contribution >= 4 is 35.8 Å². The molecule has 2 aliphatic heterocycles. The molecule has 0 radical (unpaired) electrons. The Morgan fingerprint density at radius 2 is 2.00 bits per heavy atom. The van der Waals surface area contributed by atoms with Gasteiger partial charge in [-0.2, -0.15) is 0 Å². The zero-order valence-corrected chi connectivity index (χ0v) is 18.6. The third-order valence-electron chi connectivity index (χ3n) is 5.26. The lowest BCUT2D eigenvalue weighted by Crippen LogP contribution is -2.44. The minimum atomic E-state index is 0. The first-order chi connectivity index (χ1) is 12.2. The topological polar surface area (TPSA) is 47.0 Å². The zero-order valence-electron chi connectivity index (χ0n) is 16.3. The van der Waals surface area contributed by atoms with Crippen molar-refractivity contribution in [2.45, 2.75) is 38.3 Å². The van der Waals surface area contributed by atoms with Crippen molar-refractivity contribution in [1.82, 2.24) is 20.1 Å². The molecule has 1 atom stereocenters. The molecule has 0 aromatic carbocycles. The number of anilines is 1. The Kier molecular flexibility index (Phi) is 8.40. The number of aliphatic imine (C=N–C) groups is 1. The fourth-order valence-electron chi connectivity index (χ4n) is 3.83.